The van der Waals surface area contributed by atoms with Crippen molar-refractivity contribution < 1.29 is 4.74 Å². The molecule has 0 spiro atoms. The molecule has 0 radical (unpaired) electrons. The topological polar surface area (TPSA) is 27.1 Å². The largest absolute Gasteiger partial charge is 0.497 e. The summed E-state index contributed by atoms with van der Waals surface area (Å²) in [7, 11) is 1.68. The van der Waals surface area contributed by atoms with E-state index < -0.39 is 0 Å². The van der Waals surface area contributed by atoms with Crippen LogP contribution in [0.25, 0.3) is 22.0 Å². The van der Waals surface area contributed by atoms with Crippen molar-refractivity contribution in [3.8, 4) is 16.9 Å². The summed E-state index contributed by atoms with van der Waals surface area (Å²) in [6.07, 6.45) is 2.08. The van der Waals surface area contributed by atoms with Gasteiger partial charge in [0, 0.05) is 18.1 Å². The molecule has 2 aromatic carbocycles. The molecular formula is C16H16N2O. The average Bonchev–Trinajstić information content (AvgIpc) is 2.89. The van der Waals surface area contributed by atoms with Crippen LogP contribution in [0.15, 0.2) is 48.7 Å². The number of benzene rings is 2. The Labute approximate surface area is 112 Å². The van der Waals surface area contributed by atoms with E-state index in [1.54, 1.807) is 7.11 Å². The molecule has 0 bridgehead atoms. The molecule has 0 saturated heterocycles. The number of fused-ring (bicyclic) bond motifs is 1. The highest BCUT2D eigenvalue weighted by atomic mass is 16.5. The van der Waals surface area contributed by atoms with Crippen LogP contribution < -0.4 is 4.74 Å². The zero-order valence-corrected chi connectivity index (χ0v) is 11.1. The lowest BCUT2D eigenvalue weighted by molar-refractivity contribution is 0.415. The predicted molar refractivity (Wildman–Crippen MR) is 77.4 cm³/mol. The SMILES string of the molecule is CCn1cc2ccc(-c3ccc(OC)cc3)cc2n1. The Bertz CT molecular complexity index is 698. The number of hydrogen-bond donors (Lipinski definition) is 0. The van der Waals surface area contributed by atoms with Gasteiger partial charge in [0.05, 0.1) is 12.6 Å². The molecule has 0 aliphatic rings. The van der Waals surface area contributed by atoms with Crippen molar-refractivity contribution in [2.75, 3.05) is 7.11 Å². The molecule has 0 amide bonds. The van der Waals surface area contributed by atoms with Crippen molar-refractivity contribution in [2.24, 2.45) is 0 Å². The highest BCUT2D eigenvalue weighted by molar-refractivity contribution is 5.84. The Kier molecular flexibility index (Phi) is 2.95. The molecule has 0 unspecified atom stereocenters. The third-order valence-corrected chi connectivity index (χ3v) is 3.30. The minimum absolute atomic E-state index is 0.875. The first-order valence-electron chi connectivity index (χ1n) is 6.42. The Morgan fingerprint density at radius 1 is 1.05 bits per heavy atom. The zero-order chi connectivity index (χ0) is 13.2. The van der Waals surface area contributed by atoms with Crippen LogP contribution in [0.3, 0.4) is 0 Å². The summed E-state index contributed by atoms with van der Waals surface area (Å²) in [6.45, 7) is 2.99. The van der Waals surface area contributed by atoms with Crippen molar-refractivity contribution in [1.29, 1.82) is 0 Å². The van der Waals surface area contributed by atoms with Gasteiger partial charge in [-0.25, -0.2) is 0 Å². The normalized spacial score (nSPS) is 10.8. The maximum atomic E-state index is 5.18. The van der Waals surface area contributed by atoms with Crippen LogP contribution in [0.5, 0.6) is 5.75 Å². The first-order chi connectivity index (χ1) is 9.30. The van der Waals surface area contributed by atoms with E-state index in [4.69, 9.17) is 4.74 Å². The molecule has 3 heteroatoms. The van der Waals surface area contributed by atoms with Crippen LogP contribution in [0.4, 0.5) is 0 Å². The Balaban J connectivity index is 2.03. The van der Waals surface area contributed by atoms with Crippen molar-refractivity contribution in [3.63, 3.8) is 0 Å². The Morgan fingerprint density at radius 2 is 1.79 bits per heavy atom. The summed E-state index contributed by atoms with van der Waals surface area (Å²) < 4.78 is 7.14. The van der Waals surface area contributed by atoms with Gasteiger partial charge in [-0.05, 0) is 36.2 Å². The van der Waals surface area contributed by atoms with Crippen molar-refractivity contribution in [1.82, 2.24) is 9.78 Å². The van der Waals surface area contributed by atoms with Crippen molar-refractivity contribution >= 4 is 10.9 Å². The van der Waals surface area contributed by atoms with E-state index in [9.17, 15) is 0 Å². The zero-order valence-electron chi connectivity index (χ0n) is 11.1. The quantitative estimate of drug-likeness (QED) is 0.710. The fraction of sp³-hybridized carbons (Fsp3) is 0.188. The summed E-state index contributed by atoms with van der Waals surface area (Å²) in [6, 6.07) is 14.5. The van der Waals surface area contributed by atoms with Crippen LogP contribution in [-0.4, -0.2) is 16.9 Å². The van der Waals surface area contributed by atoms with Crippen molar-refractivity contribution in [3.05, 3.63) is 48.7 Å². The van der Waals surface area contributed by atoms with Crippen LogP contribution in [0.1, 0.15) is 6.92 Å². The number of rotatable bonds is 3. The molecule has 19 heavy (non-hydrogen) atoms. The van der Waals surface area contributed by atoms with Gasteiger partial charge in [0.1, 0.15) is 5.75 Å². The fourth-order valence-electron chi connectivity index (χ4n) is 2.19. The van der Waals surface area contributed by atoms with Gasteiger partial charge in [0.2, 0.25) is 0 Å². The van der Waals surface area contributed by atoms with E-state index in [0.29, 0.717) is 0 Å². The van der Waals surface area contributed by atoms with Gasteiger partial charge in [0.25, 0.3) is 0 Å². The van der Waals surface area contributed by atoms with Gasteiger partial charge < -0.3 is 4.74 Å². The Morgan fingerprint density at radius 3 is 2.47 bits per heavy atom. The highest BCUT2D eigenvalue weighted by Gasteiger charge is 2.03. The molecule has 1 heterocycles. The van der Waals surface area contributed by atoms with Crippen LogP contribution in [-0.2, 0) is 6.54 Å². The molecule has 96 valence electrons. The van der Waals surface area contributed by atoms with Crippen LogP contribution in [0, 0.1) is 0 Å². The number of aryl methyl sites for hydroxylation is 1. The van der Waals surface area contributed by atoms with Gasteiger partial charge in [-0.3, -0.25) is 4.68 Å². The summed E-state index contributed by atoms with van der Waals surface area (Å²) in [5.74, 6) is 0.875. The molecule has 0 aliphatic heterocycles. The van der Waals surface area contributed by atoms with Gasteiger partial charge >= 0.3 is 0 Å². The number of ether oxygens (including phenoxy) is 1. The molecule has 0 aliphatic carbocycles. The molecule has 0 N–H and O–H groups in total. The second-order valence-corrected chi connectivity index (χ2v) is 4.49. The second kappa shape index (κ2) is 4.76. The lowest BCUT2D eigenvalue weighted by Gasteiger charge is -2.03. The summed E-state index contributed by atoms with van der Waals surface area (Å²) in [4.78, 5) is 0. The first-order valence-corrected chi connectivity index (χ1v) is 6.42. The van der Waals surface area contributed by atoms with Gasteiger partial charge in [0.15, 0.2) is 0 Å². The Hall–Kier alpha value is -2.29. The van der Waals surface area contributed by atoms with Gasteiger partial charge in [-0.15, -0.1) is 0 Å². The fourth-order valence-corrected chi connectivity index (χ4v) is 2.19. The van der Waals surface area contributed by atoms with E-state index in [2.05, 4.69) is 48.6 Å². The molecule has 0 atom stereocenters. The molecular weight excluding hydrogens is 236 g/mol. The number of methoxy groups -OCH3 is 1. The minimum atomic E-state index is 0.875. The van der Waals surface area contributed by atoms with E-state index in [-0.39, 0.29) is 0 Å². The van der Waals surface area contributed by atoms with Crippen LogP contribution >= 0.6 is 0 Å². The highest BCUT2D eigenvalue weighted by Crippen LogP contribution is 2.25. The smallest absolute Gasteiger partial charge is 0.118 e. The van der Waals surface area contributed by atoms with E-state index in [0.717, 1.165) is 17.8 Å². The molecule has 3 nitrogen and oxygen atoms in total. The average molecular weight is 252 g/mol. The van der Waals surface area contributed by atoms with E-state index in [1.807, 2.05) is 16.8 Å². The molecule has 1 aromatic heterocycles. The lowest BCUT2D eigenvalue weighted by atomic mass is 10.0. The van der Waals surface area contributed by atoms with Crippen molar-refractivity contribution in [2.45, 2.75) is 13.5 Å². The predicted octanol–water partition coefficient (Wildman–Crippen LogP) is 3.73. The van der Waals surface area contributed by atoms with Gasteiger partial charge in [-0.1, -0.05) is 24.3 Å². The lowest BCUT2D eigenvalue weighted by Crippen LogP contribution is -1.92. The third kappa shape index (κ3) is 2.19. The maximum Gasteiger partial charge on any atom is 0.118 e. The standard InChI is InChI=1S/C16H16N2O/c1-3-18-11-14-5-4-13(10-16(14)17-18)12-6-8-15(19-2)9-7-12/h4-11H,3H2,1-2H3. The van der Waals surface area contributed by atoms with Crippen LogP contribution in [0.2, 0.25) is 0 Å². The summed E-state index contributed by atoms with van der Waals surface area (Å²) in [5.41, 5.74) is 3.39. The summed E-state index contributed by atoms with van der Waals surface area (Å²) in [5, 5.41) is 5.72. The van der Waals surface area contributed by atoms with Gasteiger partial charge in [-0.2, -0.15) is 5.10 Å². The maximum absolute atomic E-state index is 5.18. The number of aromatic nitrogens is 2. The second-order valence-electron chi connectivity index (χ2n) is 4.49. The third-order valence-electron chi connectivity index (χ3n) is 3.30. The number of nitrogens with zero attached hydrogens (tertiary/aromatic N) is 2. The molecule has 0 fully saturated rings. The monoisotopic (exact) mass is 252 g/mol. The molecule has 0 saturated carbocycles. The van der Waals surface area contributed by atoms with E-state index in [1.165, 1.54) is 16.5 Å². The van der Waals surface area contributed by atoms with E-state index >= 15 is 0 Å². The first kappa shape index (κ1) is 11.8. The summed E-state index contributed by atoms with van der Waals surface area (Å²) >= 11 is 0. The minimum Gasteiger partial charge on any atom is -0.497 e. The molecule has 3 aromatic rings. The number of hydrogen-bond acceptors (Lipinski definition) is 2. The molecule has 3 rings (SSSR count).